The van der Waals surface area contributed by atoms with Gasteiger partial charge < -0.3 is 9.47 Å². The maximum Gasteiger partial charge on any atom is 0.265 e. The van der Waals surface area contributed by atoms with Crippen molar-refractivity contribution in [1.29, 1.82) is 0 Å². The number of carbonyl (C=O) groups excluding carboxylic acids is 1. The van der Waals surface area contributed by atoms with Gasteiger partial charge in [0.15, 0.2) is 5.17 Å². The highest BCUT2D eigenvalue weighted by Crippen LogP contribution is 2.33. The van der Waals surface area contributed by atoms with Crippen molar-refractivity contribution < 1.29 is 14.3 Å². The minimum absolute atomic E-state index is 0.0233. The van der Waals surface area contributed by atoms with Crippen molar-refractivity contribution in [3.8, 4) is 11.6 Å². The standard InChI is InChI=1S/C20H23N3O3S/c1-4-25-17-11-7-6-10-16(17)22-20-23(14(3)13-27-20)19(24)15-9-8-12-21-18(15)26-5-2/h6-12,14H,4-5,13H2,1-3H3. The van der Waals surface area contributed by atoms with E-state index in [9.17, 15) is 4.79 Å². The molecule has 0 N–H and O–H groups in total. The zero-order valence-electron chi connectivity index (χ0n) is 15.7. The Morgan fingerprint density at radius 1 is 1.22 bits per heavy atom. The van der Waals surface area contributed by atoms with Crippen molar-refractivity contribution in [3.05, 3.63) is 48.2 Å². The summed E-state index contributed by atoms with van der Waals surface area (Å²) in [6.07, 6.45) is 1.62. The Kier molecular flexibility index (Phi) is 6.34. The molecule has 0 bridgehead atoms. The van der Waals surface area contributed by atoms with Crippen LogP contribution >= 0.6 is 11.8 Å². The molecule has 2 aromatic rings. The summed E-state index contributed by atoms with van der Waals surface area (Å²) >= 11 is 1.56. The number of carbonyl (C=O) groups is 1. The third kappa shape index (κ3) is 4.24. The van der Waals surface area contributed by atoms with Crippen LogP contribution in [0.15, 0.2) is 47.6 Å². The average molecular weight is 385 g/mol. The lowest BCUT2D eigenvalue weighted by atomic mass is 10.2. The number of amidine groups is 1. The number of benzene rings is 1. The molecule has 3 rings (SSSR count). The summed E-state index contributed by atoms with van der Waals surface area (Å²) in [5.74, 6) is 1.68. The number of hydrogen-bond donors (Lipinski definition) is 0. The molecule has 1 aromatic carbocycles. The lowest BCUT2D eigenvalue weighted by Crippen LogP contribution is -2.37. The quantitative estimate of drug-likeness (QED) is 0.748. The molecule has 142 valence electrons. The van der Waals surface area contributed by atoms with E-state index < -0.39 is 0 Å². The highest BCUT2D eigenvalue weighted by molar-refractivity contribution is 8.14. The molecular weight excluding hydrogens is 362 g/mol. The first-order chi connectivity index (χ1) is 13.2. The van der Waals surface area contributed by atoms with E-state index in [2.05, 4.69) is 4.98 Å². The number of ether oxygens (including phenoxy) is 2. The van der Waals surface area contributed by atoms with Crippen molar-refractivity contribution in [2.45, 2.75) is 26.8 Å². The van der Waals surface area contributed by atoms with E-state index in [-0.39, 0.29) is 11.9 Å². The molecule has 0 aliphatic carbocycles. The Morgan fingerprint density at radius 2 is 2.00 bits per heavy atom. The summed E-state index contributed by atoms with van der Waals surface area (Å²) in [7, 11) is 0. The molecule has 6 nitrogen and oxygen atoms in total. The fraction of sp³-hybridized carbons (Fsp3) is 0.350. The molecule has 0 spiro atoms. The molecule has 1 fully saturated rings. The molecule has 1 amide bonds. The predicted octanol–water partition coefficient (Wildman–Crippen LogP) is 4.14. The maximum atomic E-state index is 13.2. The van der Waals surface area contributed by atoms with Crippen LogP contribution in [0.4, 0.5) is 5.69 Å². The van der Waals surface area contributed by atoms with E-state index in [1.165, 1.54) is 0 Å². The van der Waals surface area contributed by atoms with Gasteiger partial charge >= 0.3 is 0 Å². The highest BCUT2D eigenvalue weighted by Gasteiger charge is 2.34. The summed E-state index contributed by atoms with van der Waals surface area (Å²) in [4.78, 5) is 23.9. The van der Waals surface area contributed by atoms with Gasteiger partial charge in [-0.2, -0.15) is 0 Å². The van der Waals surface area contributed by atoms with Gasteiger partial charge in [0, 0.05) is 18.0 Å². The Bertz CT molecular complexity index is 841. The van der Waals surface area contributed by atoms with Crippen molar-refractivity contribution in [2.24, 2.45) is 4.99 Å². The van der Waals surface area contributed by atoms with Crippen molar-refractivity contribution in [3.63, 3.8) is 0 Å². The number of pyridine rings is 1. The largest absolute Gasteiger partial charge is 0.492 e. The first-order valence-electron chi connectivity index (χ1n) is 9.00. The average Bonchev–Trinajstić information content (AvgIpc) is 3.04. The second kappa shape index (κ2) is 8.90. The van der Waals surface area contributed by atoms with Crippen molar-refractivity contribution in [1.82, 2.24) is 9.88 Å². The van der Waals surface area contributed by atoms with Crippen molar-refractivity contribution >= 4 is 28.5 Å². The van der Waals surface area contributed by atoms with Crippen LogP contribution in [0.5, 0.6) is 11.6 Å². The van der Waals surface area contributed by atoms with Crippen LogP contribution in [0.2, 0.25) is 0 Å². The third-order valence-electron chi connectivity index (χ3n) is 3.98. The SMILES string of the molecule is CCOc1ccccc1N=C1SCC(C)N1C(=O)c1cccnc1OCC. The van der Waals surface area contributed by atoms with Crippen LogP contribution in [0, 0.1) is 0 Å². The Balaban J connectivity index is 1.96. The molecule has 1 aliphatic heterocycles. The lowest BCUT2D eigenvalue weighted by Gasteiger charge is -2.22. The molecular formula is C20H23N3O3S. The van der Waals surface area contributed by atoms with E-state index in [4.69, 9.17) is 14.5 Å². The molecule has 2 heterocycles. The smallest absolute Gasteiger partial charge is 0.265 e. The molecule has 7 heteroatoms. The number of para-hydroxylation sites is 2. The Hall–Kier alpha value is -2.54. The summed E-state index contributed by atoms with van der Waals surface area (Å²) in [5, 5.41) is 0.658. The maximum absolute atomic E-state index is 13.2. The van der Waals surface area contributed by atoms with Crippen LogP contribution in [-0.4, -0.2) is 46.0 Å². The van der Waals surface area contributed by atoms with Gasteiger partial charge in [0.05, 0.1) is 13.2 Å². The number of aliphatic imine (C=N–C) groups is 1. The van der Waals surface area contributed by atoms with Gasteiger partial charge in [-0.15, -0.1) is 0 Å². The van der Waals surface area contributed by atoms with Gasteiger partial charge in [-0.05, 0) is 45.0 Å². The Labute approximate surface area is 163 Å². The van der Waals surface area contributed by atoms with Crippen LogP contribution in [0.1, 0.15) is 31.1 Å². The van der Waals surface area contributed by atoms with Gasteiger partial charge in [0.2, 0.25) is 5.88 Å². The molecule has 27 heavy (non-hydrogen) atoms. The number of nitrogens with zero attached hydrogens (tertiary/aromatic N) is 3. The Morgan fingerprint density at radius 3 is 2.78 bits per heavy atom. The second-order valence-corrected chi connectivity index (χ2v) is 6.91. The monoisotopic (exact) mass is 385 g/mol. The number of thioether (sulfide) groups is 1. The molecule has 0 radical (unpaired) electrons. The van der Waals surface area contributed by atoms with Crippen LogP contribution in [0.3, 0.4) is 0 Å². The van der Waals surface area contributed by atoms with E-state index in [0.29, 0.717) is 41.3 Å². The summed E-state index contributed by atoms with van der Waals surface area (Å²) in [6.45, 7) is 6.82. The molecule has 1 unspecified atom stereocenters. The minimum Gasteiger partial charge on any atom is -0.492 e. The number of amides is 1. The zero-order valence-corrected chi connectivity index (χ0v) is 16.5. The molecule has 1 atom stereocenters. The normalized spacial score (nSPS) is 18.0. The minimum atomic E-state index is -0.156. The molecule has 0 saturated carbocycles. The van der Waals surface area contributed by atoms with Gasteiger partial charge in [-0.1, -0.05) is 23.9 Å². The van der Waals surface area contributed by atoms with Gasteiger partial charge in [-0.3, -0.25) is 9.69 Å². The van der Waals surface area contributed by atoms with Gasteiger partial charge in [0.25, 0.3) is 5.91 Å². The fourth-order valence-electron chi connectivity index (χ4n) is 2.77. The summed E-state index contributed by atoms with van der Waals surface area (Å²) in [5.41, 5.74) is 1.16. The summed E-state index contributed by atoms with van der Waals surface area (Å²) < 4.78 is 11.2. The first-order valence-corrected chi connectivity index (χ1v) is 9.99. The van der Waals surface area contributed by atoms with E-state index >= 15 is 0 Å². The van der Waals surface area contributed by atoms with E-state index in [1.54, 1.807) is 35.0 Å². The first kappa shape index (κ1) is 19.2. The number of hydrogen-bond acceptors (Lipinski definition) is 6. The third-order valence-corrected chi connectivity index (χ3v) is 5.18. The van der Waals surface area contributed by atoms with Crippen molar-refractivity contribution in [2.75, 3.05) is 19.0 Å². The molecule has 1 aliphatic rings. The van der Waals surface area contributed by atoms with Crippen LogP contribution < -0.4 is 9.47 Å². The number of rotatable bonds is 6. The highest BCUT2D eigenvalue weighted by atomic mass is 32.2. The fourth-order valence-corrected chi connectivity index (χ4v) is 3.87. The lowest BCUT2D eigenvalue weighted by molar-refractivity contribution is 0.0823. The topological polar surface area (TPSA) is 64.0 Å². The van der Waals surface area contributed by atoms with Gasteiger partial charge in [0.1, 0.15) is 17.0 Å². The van der Waals surface area contributed by atoms with E-state index in [0.717, 1.165) is 5.75 Å². The van der Waals surface area contributed by atoms with Crippen LogP contribution in [0.25, 0.3) is 0 Å². The van der Waals surface area contributed by atoms with E-state index in [1.807, 2.05) is 45.0 Å². The molecule has 1 aromatic heterocycles. The molecule has 1 saturated heterocycles. The second-order valence-electron chi connectivity index (χ2n) is 5.92. The summed E-state index contributed by atoms with van der Waals surface area (Å²) in [6, 6.07) is 11.1. The zero-order chi connectivity index (χ0) is 19.2. The van der Waals surface area contributed by atoms with Gasteiger partial charge in [-0.25, -0.2) is 9.98 Å². The predicted molar refractivity (Wildman–Crippen MR) is 108 cm³/mol. The number of aromatic nitrogens is 1. The van der Waals surface area contributed by atoms with Crippen LogP contribution in [-0.2, 0) is 0 Å².